The third-order valence-corrected chi connectivity index (χ3v) is 6.09. The lowest BCUT2D eigenvalue weighted by Crippen LogP contribution is -2.53. The molecule has 1 fully saturated rings. The molecule has 0 radical (unpaired) electrons. The molecule has 0 aliphatic carbocycles. The van der Waals surface area contributed by atoms with Crippen molar-refractivity contribution in [2.45, 2.75) is 38.0 Å². The van der Waals surface area contributed by atoms with E-state index in [4.69, 9.17) is 4.74 Å². The monoisotopic (exact) mass is 433 g/mol. The number of ether oxygens (including phenoxy) is 1. The van der Waals surface area contributed by atoms with Crippen molar-refractivity contribution in [1.29, 1.82) is 0 Å². The van der Waals surface area contributed by atoms with E-state index in [1.165, 1.54) is 0 Å². The van der Waals surface area contributed by atoms with Crippen molar-refractivity contribution in [2.75, 3.05) is 24.6 Å². The predicted molar refractivity (Wildman–Crippen MR) is 122 cm³/mol. The maximum absolute atomic E-state index is 13.2. The average molecular weight is 434 g/mol. The second-order valence-electron chi connectivity index (χ2n) is 8.28. The van der Waals surface area contributed by atoms with Gasteiger partial charge in [0.2, 0.25) is 11.9 Å². The van der Waals surface area contributed by atoms with Crippen LogP contribution in [0.3, 0.4) is 0 Å². The van der Waals surface area contributed by atoms with Gasteiger partial charge in [0.1, 0.15) is 6.04 Å². The number of carbonyl (C=O) groups is 2. The summed E-state index contributed by atoms with van der Waals surface area (Å²) < 4.78 is 7.65. The highest BCUT2D eigenvalue weighted by atomic mass is 16.5. The Morgan fingerprint density at radius 1 is 1.09 bits per heavy atom. The fraction of sp³-hybridized carbons (Fsp3) is 0.375. The third kappa shape index (κ3) is 4.18. The van der Waals surface area contributed by atoms with Crippen molar-refractivity contribution in [1.82, 2.24) is 20.2 Å². The fourth-order valence-corrected chi connectivity index (χ4v) is 4.41. The molecule has 3 heterocycles. The Morgan fingerprint density at radius 2 is 1.91 bits per heavy atom. The molecule has 166 valence electrons. The first-order chi connectivity index (χ1) is 15.7. The van der Waals surface area contributed by atoms with Crippen molar-refractivity contribution < 1.29 is 14.3 Å². The maximum atomic E-state index is 13.2. The number of urea groups is 1. The molecular formula is C24H27N5O3. The van der Waals surface area contributed by atoms with Crippen LogP contribution in [0.1, 0.15) is 18.4 Å². The van der Waals surface area contributed by atoms with E-state index in [-0.39, 0.29) is 18.0 Å². The van der Waals surface area contributed by atoms with Crippen LogP contribution in [0.15, 0.2) is 54.6 Å². The largest absolute Gasteiger partial charge is 0.376 e. The SMILES string of the molecule is O=C(NCC1CCCO1)C(Cc1ccccc1)NC(=O)N1CCn2c1nc1ccccc12. The number of para-hydroxylation sites is 2. The molecule has 0 spiro atoms. The van der Waals surface area contributed by atoms with Crippen LogP contribution < -0.4 is 15.5 Å². The number of benzene rings is 2. The van der Waals surface area contributed by atoms with Gasteiger partial charge < -0.3 is 19.9 Å². The number of fused-ring (bicyclic) bond motifs is 3. The quantitative estimate of drug-likeness (QED) is 0.625. The molecule has 1 saturated heterocycles. The second kappa shape index (κ2) is 9.00. The zero-order valence-corrected chi connectivity index (χ0v) is 17.9. The van der Waals surface area contributed by atoms with Crippen LogP contribution in [-0.2, 0) is 22.5 Å². The Kier molecular flexibility index (Phi) is 5.77. The van der Waals surface area contributed by atoms with E-state index in [0.29, 0.717) is 32.0 Å². The van der Waals surface area contributed by atoms with Crippen LogP contribution in [0.4, 0.5) is 10.7 Å². The van der Waals surface area contributed by atoms with Gasteiger partial charge in [0.25, 0.3) is 0 Å². The Labute approximate surface area is 186 Å². The maximum Gasteiger partial charge on any atom is 0.324 e. The summed E-state index contributed by atoms with van der Waals surface area (Å²) in [6.45, 7) is 2.40. The molecule has 3 aromatic rings. The van der Waals surface area contributed by atoms with Crippen LogP contribution in [-0.4, -0.2) is 53.3 Å². The number of carbonyl (C=O) groups excluding carboxylic acids is 2. The van der Waals surface area contributed by atoms with Gasteiger partial charge in [-0.3, -0.25) is 9.69 Å². The van der Waals surface area contributed by atoms with E-state index in [1.54, 1.807) is 4.90 Å². The number of aromatic nitrogens is 2. The van der Waals surface area contributed by atoms with Crippen molar-refractivity contribution >= 4 is 28.9 Å². The third-order valence-electron chi connectivity index (χ3n) is 6.09. The number of hydrogen-bond donors (Lipinski definition) is 2. The molecule has 2 unspecified atom stereocenters. The summed E-state index contributed by atoms with van der Waals surface area (Å²) in [6.07, 6.45) is 2.42. The number of amides is 3. The van der Waals surface area contributed by atoms with Gasteiger partial charge in [-0.1, -0.05) is 42.5 Å². The summed E-state index contributed by atoms with van der Waals surface area (Å²) in [6, 6.07) is 16.6. The second-order valence-corrected chi connectivity index (χ2v) is 8.28. The normalized spacial score (nSPS) is 18.5. The number of nitrogens with zero attached hydrogens (tertiary/aromatic N) is 3. The Balaban J connectivity index is 1.31. The van der Waals surface area contributed by atoms with Gasteiger partial charge in [0.15, 0.2) is 0 Å². The van der Waals surface area contributed by atoms with Gasteiger partial charge in [0, 0.05) is 32.7 Å². The Hall–Kier alpha value is -3.39. The molecule has 2 N–H and O–H groups in total. The van der Waals surface area contributed by atoms with Crippen molar-refractivity contribution in [3.63, 3.8) is 0 Å². The van der Waals surface area contributed by atoms with Gasteiger partial charge in [-0.2, -0.15) is 0 Å². The van der Waals surface area contributed by atoms with Gasteiger partial charge in [-0.15, -0.1) is 0 Å². The number of nitrogens with one attached hydrogen (secondary N) is 2. The lowest BCUT2D eigenvalue weighted by molar-refractivity contribution is -0.123. The lowest BCUT2D eigenvalue weighted by Gasteiger charge is -2.23. The number of imidazole rings is 1. The van der Waals surface area contributed by atoms with E-state index >= 15 is 0 Å². The molecule has 32 heavy (non-hydrogen) atoms. The van der Waals surface area contributed by atoms with Gasteiger partial charge in [-0.25, -0.2) is 9.78 Å². The summed E-state index contributed by atoms with van der Waals surface area (Å²) in [5.74, 6) is 0.410. The summed E-state index contributed by atoms with van der Waals surface area (Å²) >= 11 is 0. The van der Waals surface area contributed by atoms with E-state index in [1.807, 2.05) is 59.2 Å². The van der Waals surface area contributed by atoms with Gasteiger partial charge in [-0.05, 0) is 30.5 Å². The molecule has 8 heteroatoms. The number of anilines is 1. The van der Waals surface area contributed by atoms with Crippen LogP contribution in [0.25, 0.3) is 11.0 Å². The molecule has 5 rings (SSSR count). The zero-order valence-electron chi connectivity index (χ0n) is 17.9. The van der Waals surface area contributed by atoms with Crippen molar-refractivity contribution in [3.05, 3.63) is 60.2 Å². The highest BCUT2D eigenvalue weighted by Crippen LogP contribution is 2.27. The molecule has 3 amide bonds. The Morgan fingerprint density at radius 3 is 2.72 bits per heavy atom. The topological polar surface area (TPSA) is 88.5 Å². The highest BCUT2D eigenvalue weighted by Gasteiger charge is 2.31. The summed E-state index contributed by atoms with van der Waals surface area (Å²) in [4.78, 5) is 32.5. The molecule has 2 aliphatic heterocycles. The first kappa shape index (κ1) is 20.5. The first-order valence-corrected chi connectivity index (χ1v) is 11.2. The zero-order chi connectivity index (χ0) is 21.9. The van der Waals surface area contributed by atoms with Crippen LogP contribution in [0.5, 0.6) is 0 Å². The molecule has 2 aliphatic rings. The Bertz CT molecular complexity index is 1110. The van der Waals surface area contributed by atoms with Crippen molar-refractivity contribution in [2.24, 2.45) is 0 Å². The minimum Gasteiger partial charge on any atom is -0.376 e. The minimum absolute atomic E-state index is 0.0468. The molecular weight excluding hydrogens is 406 g/mol. The van der Waals surface area contributed by atoms with E-state index in [2.05, 4.69) is 15.6 Å². The summed E-state index contributed by atoms with van der Waals surface area (Å²) in [5, 5.41) is 5.91. The van der Waals surface area contributed by atoms with Gasteiger partial charge in [0.05, 0.1) is 17.1 Å². The van der Waals surface area contributed by atoms with Crippen molar-refractivity contribution in [3.8, 4) is 0 Å². The number of rotatable bonds is 6. The van der Waals surface area contributed by atoms with Crippen LogP contribution in [0.2, 0.25) is 0 Å². The van der Waals surface area contributed by atoms with Gasteiger partial charge >= 0.3 is 6.03 Å². The molecule has 2 aromatic carbocycles. The predicted octanol–water partition coefficient (Wildman–Crippen LogP) is 2.47. The summed E-state index contributed by atoms with van der Waals surface area (Å²) in [7, 11) is 0. The standard InChI is InChI=1S/C24H27N5O3/c30-22(25-16-18-9-6-14-32-18)20(15-17-7-2-1-3-8-17)27-24(31)29-13-12-28-21-11-5-4-10-19(21)26-23(28)29/h1-5,7-8,10-11,18,20H,6,9,12-16H2,(H,25,30)(H,27,31). The van der Waals surface area contributed by atoms with Crippen LogP contribution >= 0.6 is 0 Å². The molecule has 8 nitrogen and oxygen atoms in total. The smallest absolute Gasteiger partial charge is 0.324 e. The lowest BCUT2D eigenvalue weighted by atomic mass is 10.1. The first-order valence-electron chi connectivity index (χ1n) is 11.2. The highest BCUT2D eigenvalue weighted by molar-refractivity contribution is 5.96. The van der Waals surface area contributed by atoms with E-state index in [9.17, 15) is 9.59 Å². The number of hydrogen-bond acceptors (Lipinski definition) is 4. The van der Waals surface area contributed by atoms with E-state index < -0.39 is 6.04 Å². The molecule has 1 aromatic heterocycles. The average Bonchev–Trinajstić information content (AvgIpc) is 3.54. The van der Waals surface area contributed by atoms with Crippen LogP contribution in [0, 0.1) is 0 Å². The summed E-state index contributed by atoms with van der Waals surface area (Å²) in [5.41, 5.74) is 2.85. The fourth-order valence-electron chi connectivity index (χ4n) is 4.41. The molecule has 2 atom stereocenters. The minimum atomic E-state index is -0.690. The van der Waals surface area contributed by atoms with E-state index in [0.717, 1.165) is 36.0 Å². The molecule has 0 bridgehead atoms. The molecule has 0 saturated carbocycles.